The summed E-state index contributed by atoms with van der Waals surface area (Å²) in [6, 6.07) is 18.2. The first-order valence-corrected chi connectivity index (χ1v) is 9.19. The zero-order valence-corrected chi connectivity index (χ0v) is 15.9. The maximum absolute atomic E-state index is 5.61. The number of hydrogen-bond donors (Lipinski definition) is 1. The van der Waals surface area contributed by atoms with E-state index in [-0.39, 0.29) is 5.92 Å². The Labute approximate surface area is 162 Å². The van der Waals surface area contributed by atoms with Crippen LogP contribution in [-0.4, -0.2) is 22.0 Å². The molecule has 0 amide bonds. The van der Waals surface area contributed by atoms with Gasteiger partial charge in [0, 0.05) is 11.5 Å². The van der Waals surface area contributed by atoms with Gasteiger partial charge in [-0.3, -0.25) is 0 Å². The minimum Gasteiger partial charge on any atom is -0.497 e. The normalized spacial score (nSPS) is 14.9. The van der Waals surface area contributed by atoms with Crippen molar-refractivity contribution >= 4 is 11.7 Å². The van der Waals surface area contributed by atoms with Crippen molar-refractivity contribution in [3.8, 4) is 11.4 Å². The Hall–Kier alpha value is -3.54. The number of nitrogens with zero attached hydrogens (tertiary/aromatic N) is 3. The Morgan fingerprint density at radius 1 is 0.964 bits per heavy atom. The molecule has 0 fully saturated rings. The summed E-state index contributed by atoms with van der Waals surface area (Å²) in [5.41, 5.74) is 6.17. The number of nitrogens with one attached hydrogen (secondary N) is 1. The van der Waals surface area contributed by atoms with Gasteiger partial charge in [-0.2, -0.15) is 5.10 Å². The highest BCUT2D eigenvalue weighted by molar-refractivity contribution is 5.73. The second-order valence-electron chi connectivity index (χ2n) is 6.94. The van der Waals surface area contributed by atoms with Crippen LogP contribution in [0.5, 0.6) is 5.75 Å². The summed E-state index contributed by atoms with van der Waals surface area (Å²) in [5.74, 6) is 2.40. The van der Waals surface area contributed by atoms with Crippen molar-refractivity contribution in [2.24, 2.45) is 0 Å². The molecule has 6 nitrogen and oxygen atoms in total. The topological polar surface area (TPSA) is 65.1 Å². The molecular formula is C22H20N4O2. The first kappa shape index (κ1) is 16.6. The maximum atomic E-state index is 5.61. The number of methoxy groups -OCH3 is 1. The van der Waals surface area contributed by atoms with E-state index < -0.39 is 0 Å². The fraction of sp³-hybridized carbons (Fsp3) is 0.182. The zero-order chi connectivity index (χ0) is 19.3. The molecule has 1 atom stereocenters. The molecule has 6 heteroatoms. The summed E-state index contributed by atoms with van der Waals surface area (Å²) in [7, 11) is 1.67. The average molecular weight is 372 g/mol. The predicted octanol–water partition coefficient (Wildman–Crippen LogP) is 4.72. The van der Waals surface area contributed by atoms with Gasteiger partial charge in [0.1, 0.15) is 11.6 Å². The van der Waals surface area contributed by atoms with Crippen LogP contribution < -0.4 is 10.1 Å². The quantitative estimate of drug-likeness (QED) is 0.496. The number of para-hydroxylation sites is 1. The van der Waals surface area contributed by atoms with Gasteiger partial charge in [0.05, 0.1) is 29.7 Å². The average Bonchev–Trinajstić information content (AvgIpc) is 3.27. The summed E-state index contributed by atoms with van der Waals surface area (Å²) in [4.78, 5) is 0. The molecule has 0 saturated carbocycles. The number of aromatic nitrogens is 3. The molecule has 2 aromatic heterocycles. The molecule has 0 spiro atoms. The minimum absolute atomic E-state index is 0.0131. The van der Waals surface area contributed by atoms with Crippen molar-refractivity contribution in [2.45, 2.75) is 19.8 Å². The Morgan fingerprint density at radius 3 is 2.43 bits per heavy atom. The summed E-state index contributed by atoms with van der Waals surface area (Å²) in [6.45, 7) is 4.02. The van der Waals surface area contributed by atoms with E-state index in [0.717, 1.165) is 45.3 Å². The Morgan fingerprint density at radius 2 is 1.71 bits per heavy atom. The van der Waals surface area contributed by atoms with Crippen molar-refractivity contribution < 1.29 is 9.26 Å². The standard InChI is InChI=1S/C22H20N4O2/c1-13-18-20(15-9-11-17(27-3)12-10-15)19-14(2)25-28-22(19)23-21(18)26(24-13)16-7-5-4-6-8-16/h4-12,20,23H,1-3H3. The predicted molar refractivity (Wildman–Crippen MR) is 107 cm³/mol. The number of fused-ring (bicyclic) bond motifs is 2. The Bertz CT molecular complexity index is 1140. The Kier molecular flexibility index (Phi) is 3.72. The van der Waals surface area contributed by atoms with Gasteiger partial charge in [-0.1, -0.05) is 35.5 Å². The third-order valence-electron chi connectivity index (χ3n) is 5.27. The number of aryl methyl sites for hydroxylation is 2. The lowest BCUT2D eigenvalue weighted by atomic mass is 9.83. The number of benzene rings is 2. The van der Waals surface area contributed by atoms with E-state index in [4.69, 9.17) is 14.4 Å². The van der Waals surface area contributed by atoms with Crippen LogP contribution >= 0.6 is 0 Å². The fourth-order valence-corrected chi connectivity index (χ4v) is 3.95. The molecule has 5 rings (SSSR count). The molecule has 2 aromatic carbocycles. The largest absolute Gasteiger partial charge is 0.497 e. The maximum Gasteiger partial charge on any atom is 0.234 e. The second kappa shape index (κ2) is 6.27. The first-order chi connectivity index (χ1) is 13.7. The van der Waals surface area contributed by atoms with Crippen LogP contribution in [0.2, 0.25) is 0 Å². The molecule has 0 radical (unpaired) electrons. The molecule has 3 heterocycles. The van der Waals surface area contributed by atoms with E-state index in [9.17, 15) is 0 Å². The van der Waals surface area contributed by atoms with Crippen LogP contribution in [0.3, 0.4) is 0 Å². The van der Waals surface area contributed by atoms with Gasteiger partial charge in [-0.25, -0.2) is 4.68 Å². The van der Waals surface area contributed by atoms with Crippen molar-refractivity contribution in [1.82, 2.24) is 14.9 Å². The molecule has 1 aliphatic heterocycles. The monoisotopic (exact) mass is 372 g/mol. The summed E-state index contributed by atoms with van der Waals surface area (Å²) >= 11 is 0. The SMILES string of the molecule is COc1ccc(C2c3c(C)noc3Nc3c2c(C)nn3-c2ccccc2)cc1. The minimum atomic E-state index is -0.0131. The lowest BCUT2D eigenvalue weighted by Gasteiger charge is -2.25. The van der Waals surface area contributed by atoms with Gasteiger partial charge in [0.15, 0.2) is 0 Å². The molecule has 1 unspecified atom stereocenters. The van der Waals surface area contributed by atoms with E-state index in [1.54, 1.807) is 7.11 Å². The van der Waals surface area contributed by atoms with E-state index in [1.165, 1.54) is 0 Å². The van der Waals surface area contributed by atoms with Crippen LogP contribution in [0.4, 0.5) is 11.7 Å². The molecule has 1 aliphatic rings. The van der Waals surface area contributed by atoms with Gasteiger partial charge >= 0.3 is 0 Å². The molecule has 1 N–H and O–H groups in total. The van der Waals surface area contributed by atoms with E-state index >= 15 is 0 Å². The van der Waals surface area contributed by atoms with Gasteiger partial charge in [0.2, 0.25) is 5.88 Å². The van der Waals surface area contributed by atoms with Gasteiger partial charge in [-0.05, 0) is 43.7 Å². The third kappa shape index (κ3) is 2.41. The van der Waals surface area contributed by atoms with Crippen LogP contribution in [0, 0.1) is 13.8 Å². The smallest absolute Gasteiger partial charge is 0.234 e. The number of ether oxygens (including phenoxy) is 1. The van der Waals surface area contributed by atoms with Gasteiger partial charge in [0.25, 0.3) is 0 Å². The summed E-state index contributed by atoms with van der Waals surface area (Å²) in [6.07, 6.45) is 0. The lowest BCUT2D eigenvalue weighted by molar-refractivity contribution is 0.414. The van der Waals surface area contributed by atoms with E-state index in [0.29, 0.717) is 5.88 Å². The highest BCUT2D eigenvalue weighted by Crippen LogP contribution is 2.48. The van der Waals surface area contributed by atoms with Crippen LogP contribution in [0.25, 0.3) is 5.69 Å². The number of hydrogen-bond acceptors (Lipinski definition) is 5. The van der Waals surface area contributed by atoms with Crippen molar-refractivity contribution in [2.75, 3.05) is 12.4 Å². The molecule has 0 aliphatic carbocycles. The highest BCUT2D eigenvalue weighted by Gasteiger charge is 2.36. The van der Waals surface area contributed by atoms with Gasteiger partial charge < -0.3 is 14.6 Å². The number of anilines is 2. The summed E-state index contributed by atoms with van der Waals surface area (Å²) in [5, 5.41) is 12.5. The van der Waals surface area contributed by atoms with E-state index in [2.05, 4.69) is 22.6 Å². The van der Waals surface area contributed by atoms with Crippen LogP contribution in [0.15, 0.2) is 59.1 Å². The molecule has 4 aromatic rings. The second-order valence-corrected chi connectivity index (χ2v) is 6.94. The van der Waals surface area contributed by atoms with E-state index in [1.807, 2.05) is 61.0 Å². The summed E-state index contributed by atoms with van der Waals surface area (Å²) < 4.78 is 12.9. The van der Waals surface area contributed by atoms with Crippen LogP contribution in [-0.2, 0) is 0 Å². The van der Waals surface area contributed by atoms with Gasteiger partial charge in [-0.15, -0.1) is 0 Å². The Balaban J connectivity index is 1.74. The fourth-order valence-electron chi connectivity index (χ4n) is 3.95. The molecule has 140 valence electrons. The zero-order valence-electron chi connectivity index (χ0n) is 15.9. The highest BCUT2D eigenvalue weighted by atomic mass is 16.5. The van der Waals surface area contributed by atoms with Crippen molar-refractivity contribution in [3.63, 3.8) is 0 Å². The molecule has 0 bridgehead atoms. The molecule has 28 heavy (non-hydrogen) atoms. The van der Waals surface area contributed by atoms with Crippen molar-refractivity contribution in [1.29, 1.82) is 0 Å². The molecule has 0 saturated heterocycles. The first-order valence-electron chi connectivity index (χ1n) is 9.19. The third-order valence-corrected chi connectivity index (χ3v) is 5.27. The lowest BCUT2D eigenvalue weighted by Crippen LogP contribution is -2.15. The van der Waals surface area contributed by atoms with Crippen molar-refractivity contribution in [3.05, 3.63) is 82.7 Å². The molecular weight excluding hydrogens is 352 g/mol. The number of rotatable bonds is 3. The van der Waals surface area contributed by atoms with Crippen LogP contribution in [0.1, 0.15) is 34.0 Å².